The third-order valence-electron chi connectivity index (χ3n) is 4.68. The van der Waals surface area contributed by atoms with Crippen molar-refractivity contribution >= 4 is 39.9 Å². The number of hydrogen-bond acceptors (Lipinski definition) is 3. The van der Waals surface area contributed by atoms with E-state index in [9.17, 15) is 4.79 Å². The zero-order valence-electron chi connectivity index (χ0n) is 12.1. The highest BCUT2D eigenvalue weighted by Gasteiger charge is 2.36. The fourth-order valence-corrected chi connectivity index (χ4v) is 3.77. The molecule has 2 saturated heterocycles. The van der Waals surface area contributed by atoms with Crippen molar-refractivity contribution in [1.29, 1.82) is 0 Å². The van der Waals surface area contributed by atoms with E-state index in [2.05, 4.69) is 27.9 Å². The first kappa shape index (κ1) is 16.6. The number of anilines is 1. The molecule has 2 aliphatic rings. The maximum absolute atomic E-state index is 12.7. The first-order chi connectivity index (χ1) is 9.56. The van der Waals surface area contributed by atoms with Crippen LogP contribution in [0.3, 0.4) is 0 Å². The van der Waals surface area contributed by atoms with Crippen LogP contribution in [0.25, 0.3) is 0 Å². The fraction of sp³-hybridized carbons (Fsp3) is 0.533. The van der Waals surface area contributed by atoms with Crippen molar-refractivity contribution in [3.05, 3.63) is 28.2 Å². The second-order valence-corrected chi connectivity index (χ2v) is 6.74. The molecule has 1 amide bonds. The van der Waals surface area contributed by atoms with Crippen LogP contribution in [0.2, 0.25) is 0 Å². The van der Waals surface area contributed by atoms with Gasteiger partial charge in [0.05, 0.1) is 5.56 Å². The third-order valence-corrected chi connectivity index (χ3v) is 5.17. The van der Waals surface area contributed by atoms with E-state index < -0.39 is 0 Å². The first-order valence-corrected chi connectivity index (χ1v) is 7.92. The quantitative estimate of drug-likeness (QED) is 0.769. The van der Waals surface area contributed by atoms with E-state index in [1.165, 1.54) is 12.8 Å². The maximum atomic E-state index is 12.7. The van der Waals surface area contributed by atoms with Crippen LogP contribution in [0.1, 0.15) is 29.6 Å². The molecule has 2 fully saturated rings. The molecule has 2 aliphatic heterocycles. The van der Waals surface area contributed by atoms with Crippen molar-refractivity contribution in [2.75, 3.05) is 25.9 Å². The van der Waals surface area contributed by atoms with Crippen molar-refractivity contribution in [2.24, 2.45) is 0 Å². The minimum absolute atomic E-state index is 0. The average Bonchev–Trinajstić information content (AvgIpc) is 2.62. The van der Waals surface area contributed by atoms with Crippen LogP contribution in [0.4, 0.5) is 5.69 Å². The van der Waals surface area contributed by atoms with Crippen LogP contribution in [0.5, 0.6) is 0 Å². The molecule has 4 nitrogen and oxygen atoms in total. The summed E-state index contributed by atoms with van der Waals surface area (Å²) in [5.41, 5.74) is 7.15. The van der Waals surface area contributed by atoms with E-state index >= 15 is 0 Å². The standard InChI is InChI=1S/C15H20BrN3O.ClH/c1-18-11-3-4-12(18)9-19(7-6-11)15(20)13-5-2-10(16)8-14(13)17;/h2,5,8,11-12H,3-4,6-7,9,17H2,1H3;1H. The van der Waals surface area contributed by atoms with Gasteiger partial charge >= 0.3 is 0 Å². The molecule has 0 saturated carbocycles. The van der Waals surface area contributed by atoms with Gasteiger partial charge in [-0.15, -0.1) is 12.4 Å². The molecular weight excluding hydrogens is 354 g/mol. The summed E-state index contributed by atoms with van der Waals surface area (Å²) >= 11 is 3.38. The zero-order chi connectivity index (χ0) is 14.3. The van der Waals surface area contributed by atoms with Crippen molar-refractivity contribution < 1.29 is 4.79 Å². The molecule has 3 rings (SSSR count). The number of carbonyl (C=O) groups excluding carboxylic acids is 1. The lowest BCUT2D eigenvalue weighted by Crippen LogP contribution is -2.39. The molecule has 1 aromatic rings. The second kappa shape index (κ2) is 6.55. The molecule has 1 aromatic carbocycles. The Balaban J connectivity index is 0.00000161. The van der Waals surface area contributed by atoms with Gasteiger partial charge in [0.15, 0.2) is 0 Å². The molecule has 2 heterocycles. The van der Waals surface area contributed by atoms with Gasteiger partial charge in [0, 0.05) is 35.3 Å². The van der Waals surface area contributed by atoms with Gasteiger partial charge in [-0.3, -0.25) is 9.69 Å². The lowest BCUT2D eigenvalue weighted by Gasteiger charge is -2.26. The summed E-state index contributed by atoms with van der Waals surface area (Å²) in [7, 11) is 2.18. The zero-order valence-corrected chi connectivity index (χ0v) is 14.5. The van der Waals surface area contributed by atoms with Crippen LogP contribution < -0.4 is 5.73 Å². The Hall–Kier alpha value is -0.780. The minimum Gasteiger partial charge on any atom is -0.398 e. The Kier molecular flexibility index (Phi) is 5.17. The van der Waals surface area contributed by atoms with Gasteiger partial charge in [0.25, 0.3) is 5.91 Å². The van der Waals surface area contributed by atoms with Gasteiger partial charge in [0.2, 0.25) is 0 Å². The molecule has 0 aliphatic carbocycles. The first-order valence-electron chi connectivity index (χ1n) is 7.12. The number of carbonyl (C=O) groups is 1. The predicted octanol–water partition coefficient (Wildman–Crippen LogP) is 2.76. The van der Waals surface area contributed by atoms with E-state index in [0.717, 1.165) is 24.0 Å². The van der Waals surface area contributed by atoms with Gasteiger partial charge in [-0.2, -0.15) is 0 Å². The SMILES string of the molecule is CN1C2CCC1CN(C(=O)c1ccc(Br)cc1N)CC2.Cl. The second-order valence-electron chi connectivity index (χ2n) is 5.82. The molecule has 2 bridgehead atoms. The molecule has 116 valence electrons. The summed E-state index contributed by atoms with van der Waals surface area (Å²) in [6, 6.07) is 6.63. The Morgan fingerprint density at radius 2 is 2.00 bits per heavy atom. The molecule has 21 heavy (non-hydrogen) atoms. The molecule has 6 heteroatoms. The van der Waals surface area contributed by atoms with Crippen LogP contribution in [0.15, 0.2) is 22.7 Å². The highest BCUT2D eigenvalue weighted by molar-refractivity contribution is 9.10. The molecule has 0 aromatic heterocycles. The van der Waals surface area contributed by atoms with Gasteiger partial charge in [-0.25, -0.2) is 0 Å². The number of amides is 1. The number of rotatable bonds is 1. The molecule has 2 atom stereocenters. The highest BCUT2D eigenvalue weighted by Crippen LogP contribution is 2.29. The van der Waals surface area contributed by atoms with E-state index in [-0.39, 0.29) is 18.3 Å². The normalized spacial score (nSPS) is 25.3. The molecule has 2 N–H and O–H groups in total. The van der Waals surface area contributed by atoms with Gasteiger partial charge in [-0.1, -0.05) is 15.9 Å². The topological polar surface area (TPSA) is 49.6 Å². The monoisotopic (exact) mass is 373 g/mol. The summed E-state index contributed by atoms with van der Waals surface area (Å²) in [6.45, 7) is 1.65. The minimum atomic E-state index is 0. The average molecular weight is 375 g/mol. The Bertz CT molecular complexity index is 540. The highest BCUT2D eigenvalue weighted by atomic mass is 79.9. The number of likely N-dealkylation sites (tertiary alicyclic amines) is 1. The van der Waals surface area contributed by atoms with Crippen molar-refractivity contribution in [3.8, 4) is 0 Å². The summed E-state index contributed by atoms with van der Waals surface area (Å²) < 4.78 is 0.904. The van der Waals surface area contributed by atoms with E-state index in [1.54, 1.807) is 6.07 Å². The van der Waals surface area contributed by atoms with Crippen molar-refractivity contribution in [3.63, 3.8) is 0 Å². The lowest BCUT2D eigenvalue weighted by atomic mass is 10.1. The molecular formula is C15H21BrClN3O. The molecule has 0 radical (unpaired) electrons. The number of halogens is 2. The molecule has 0 spiro atoms. The van der Waals surface area contributed by atoms with E-state index in [1.807, 2.05) is 17.0 Å². The number of likely N-dealkylation sites (N-methyl/N-ethyl adjacent to an activating group) is 1. The third kappa shape index (κ3) is 3.20. The lowest BCUT2D eigenvalue weighted by molar-refractivity contribution is 0.0741. The predicted molar refractivity (Wildman–Crippen MR) is 90.9 cm³/mol. The summed E-state index contributed by atoms with van der Waals surface area (Å²) in [4.78, 5) is 17.1. The Morgan fingerprint density at radius 1 is 1.29 bits per heavy atom. The number of hydrogen-bond donors (Lipinski definition) is 1. The van der Waals surface area contributed by atoms with Gasteiger partial charge in [-0.05, 0) is 44.5 Å². The largest absolute Gasteiger partial charge is 0.398 e. The number of nitrogens with two attached hydrogens (primary N) is 1. The van der Waals surface area contributed by atoms with E-state index in [0.29, 0.717) is 23.3 Å². The van der Waals surface area contributed by atoms with Crippen LogP contribution >= 0.6 is 28.3 Å². The van der Waals surface area contributed by atoms with Crippen molar-refractivity contribution in [2.45, 2.75) is 31.3 Å². The summed E-state index contributed by atoms with van der Waals surface area (Å²) in [5, 5.41) is 0. The maximum Gasteiger partial charge on any atom is 0.255 e. The molecule has 2 unspecified atom stereocenters. The Labute approximate surface area is 140 Å². The summed E-state index contributed by atoms with van der Waals surface area (Å²) in [5.74, 6) is 0.0657. The van der Waals surface area contributed by atoms with E-state index in [4.69, 9.17) is 5.73 Å². The number of nitrogens with zero attached hydrogens (tertiary/aromatic N) is 2. The summed E-state index contributed by atoms with van der Waals surface area (Å²) in [6.07, 6.45) is 3.53. The fourth-order valence-electron chi connectivity index (χ4n) is 3.39. The van der Waals surface area contributed by atoms with Crippen molar-refractivity contribution in [1.82, 2.24) is 9.80 Å². The Morgan fingerprint density at radius 3 is 2.71 bits per heavy atom. The van der Waals surface area contributed by atoms with Gasteiger partial charge in [0.1, 0.15) is 0 Å². The number of nitrogen functional groups attached to an aromatic ring is 1. The van der Waals surface area contributed by atoms with Gasteiger partial charge < -0.3 is 10.6 Å². The smallest absolute Gasteiger partial charge is 0.255 e. The number of benzene rings is 1. The van der Waals surface area contributed by atoms with Crippen LogP contribution in [-0.2, 0) is 0 Å². The van der Waals surface area contributed by atoms with Crippen LogP contribution in [-0.4, -0.2) is 47.9 Å². The van der Waals surface area contributed by atoms with Crippen LogP contribution in [0, 0.1) is 0 Å². The number of fused-ring (bicyclic) bond motifs is 2.